The van der Waals surface area contributed by atoms with Gasteiger partial charge < -0.3 is 21.3 Å². The summed E-state index contributed by atoms with van der Waals surface area (Å²) in [4.78, 5) is 52.6. The molecular weight excluding hydrogens is 661 g/mol. The molecule has 3 aromatic rings. The molecule has 4 amide bonds. The largest absolute Gasteiger partial charge is 0.345 e. The molecule has 0 aliphatic heterocycles. The Hall–Kier alpha value is -4.20. The van der Waals surface area contributed by atoms with Crippen molar-refractivity contribution < 1.29 is 19.2 Å². The van der Waals surface area contributed by atoms with Gasteiger partial charge in [0.15, 0.2) is 0 Å². The van der Waals surface area contributed by atoms with E-state index in [9.17, 15) is 19.2 Å². The van der Waals surface area contributed by atoms with E-state index in [2.05, 4.69) is 28.2 Å². The zero-order valence-corrected chi connectivity index (χ0v) is 32.7. The number of hydrogen-bond donors (Lipinski definition) is 4. The minimum Gasteiger partial charge on any atom is -0.345 e. The maximum Gasteiger partial charge on any atom is 0.246 e. The first-order valence-corrected chi connectivity index (χ1v) is 20.4. The Kier molecular flexibility index (Phi) is 21.0. The van der Waals surface area contributed by atoms with Crippen molar-refractivity contribution in [3.63, 3.8) is 0 Å². The average molecular weight is 727 g/mol. The van der Waals surface area contributed by atoms with E-state index < -0.39 is 23.9 Å². The lowest BCUT2D eigenvalue weighted by Crippen LogP contribution is -2.52. The van der Waals surface area contributed by atoms with Crippen molar-refractivity contribution in [2.45, 2.75) is 148 Å². The third-order valence-corrected chi connectivity index (χ3v) is 9.74. The molecule has 3 rings (SSSR count). The molecule has 4 N–H and O–H groups in total. The Bertz CT molecular complexity index is 1510. The van der Waals surface area contributed by atoms with E-state index in [1.807, 2.05) is 86.6 Å². The van der Waals surface area contributed by atoms with Crippen LogP contribution in [0.2, 0.25) is 0 Å². The second kappa shape index (κ2) is 25.7. The number of nitrogens with one attached hydrogen (secondary N) is 4. The van der Waals surface area contributed by atoms with Crippen molar-refractivity contribution in [3.8, 4) is 0 Å². The molecule has 0 radical (unpaired) electrons. The zero-order chi connectivity index (χ0) is 38.1. The Morgan fingerprint density at radius 1 is 0.566 bits per heavy atom. The fourth-order valence-electron chi connectivity index (χ4n) is 6.72. The molecule has 53 heavy (non-hydrogen) atoms. The second-order valence-corrected chi connectivity index (χ2v) is 15.0. The predicted molar refractivity (Wildman–Crippen MR) is 219 cm³/mol. The number of unbranched alkanes of at least 4 members (excludes halogenated alkanes) is 14. The SMILES string of the molecule is CCCCCCCCCCCCCCCCCC(=O)N[C@@H](Cc1ccccc1)C(=O)NCC(=O)N[C@@H](CC(C)C)C(=O)Nc1ccc2ccccc2c1. The van der Waals surface area contributed by atoms with E-state index in [4.69, 9.17) is 0 Å². The van der Waals surface area contributed by atoms with Crippen molar-refractivity contribution in [1.82, 2.24) is 16.0 Å². The molecule has 290 valence electrons. The van der Waals surface area contributed by atoms with Gasteiger partial charge in [0, 0.05) is 18.5 Å². The molecule has 0 bridgehead atoms. The molecule has 0 saturated carbocycles. The average Bonchev–Trinajstić information content (AvgIpc) is 3.15. The van der Waals surface area contributed by atoms with E-state index in [1.54, 1.807) is 0 Å². The minimum atomic E-state index is -0.822. The summed E-state index contributed by atoms with van der Waals surface area (Å²) in [6.45, 7) is 5.93. The summed E-state index contributed by atoms with van der Waals surface area (Å²) >= 11 is 0. The molecule has 0 aliphatic rings. The Morgan fingerprint density at radius 3 is 1.72 bits per heavy atom. The fourth-order valence-corrected chi connectivity index (χ4v) is 6.72. The van der Waals surface area contributed by atoms with Gasteiger partial charge in [-0.2, -0.15) is 0 Å². The van der Waals surface area contributed by atoms with E-state index >= 15 is 0 Å². The third-order valence-electron chi connectivity index (χ3n) is 9.74. The van der Waals surface area contributed by atoms with Gasteiger partial charge in [0.25, 0.3) is 0 Å². The zero-order valence-electron chi connectivity index (χ0n) is 32.7. The lowest BCUT2D eigenvalue weighted by molar-refractivity contribution is -0.131. The summed E-state index contributed by atoms with van der Waals surface area (Å²) in [5.41, 5.74) is 1.56. The van der Waals surface area contributed by atoms with E-state index in [0.29, 0.717) is 24.9 Å². The number of benzene rings is 3. The van der Waals surface area contributed by atoms with Crippen LogP contribution in [-0.4, -0.2) is 42.3 Å². The van der Waals surface area contributed by atoms with Crippen molar-refractivity contribution in [3.05, 3.63) is 78.4 Å². The van der Waals surface area contributed by atoms with Gasteiger partial charge in [0.2, 0.25) is 23.6 Å². The van der Waals surface area contributed by atoms with Crippen LogP contribution in [0.5, 0.6) is 0 Å². The maximum atomic E-state index is 13.4. The van der Waals surface area contributed by atoms with Crippen LogP contribution >= 0.6 is 0 Å². The molecule has 8 nitrogen and oxygen atoms in total. The summed E-state index contributed by atoms with van der Waals surface area (Å²) in [7, 11) is 0. The molecule has 2 atom stereocenters. The summed E-state index contributed by atoms with van der Waals surface area (Å²) in [5, 5.41) is 13.4. The van der Waals surface area contributed by atoms with Crippen LogP contribution in [-0.2, 0) is 25.6 Å². The molecule has 0 aliphatic carbocycles. The lowest BCUT2D eigenvalue weighted by atomic mass is 10.0. The van der Waals surface area contributed by atoms with E-state index in [0.717, 1.165) is 35.6 Å². The number of carbonyl (C=O) groups excluding carboxylic acids is 4. The Balaban J connectivity index is 1.40. The molecule has 0 unspecified atom stereocenters. The van der Waals surface area contributed by atoms with Gasteiger partial charge in [-0.15, -0.1) is 0 Å². The number of anilines is 1. The summed E-state index contributed by atoms with van der Waals surface area (Å²) < 4.78 is 0. The standard InChI is InChI=1S/C45H66N4O4/c1-4-5-6-7-8-9-10-11-12-13-14-15-16-17-21-28-42(50)48-41(32-36-24-19-18-20-25-36)44(52)46-34-43(51)49-40(31-35(2)3)45(53)47-39-30-29-37-26-22-23-27-38(37)33-39/h18-20,22-27,29-30,33,35,40-41H,4-17,21,28,31-32,34H2,1-3H3,(H,46,52)(H,47,53)(H,48,50)(H,49,51)/t40-,41-/m0/s1. The Morgan fingerprint density at radius 2 is 1.11 bits per heavy atom. The lowest BCUT2D eigenvalue weighted by Gasteiger charge is -2.22. The summed E-state index contributed by atoms with van der Waals surface area (Å²) in [6, 6.07) is 21.5. The molecule has 0 saturated heterocycles. The first-order chi connectivity index (χ1) is 25.7. The van der Waals surface area contributed by atoms with Gasteiger partial charge in [-0.05, 0) is 47.2 Å². The quantitative estimate of drug-likeness (QED) is 0.0586. The van der Waals surface area contributed by atoms with Crippen LogP contribution in [0, 0.1) is 5.92 Å². The van der Waals surface area contributed by atoms with Crippen LogP contribution in [0.25, 0.3) is 10.8 Å². The maximum absolute atomic E-state index is 13.4. The van der Waals surface area contributed by atoms with Gasteiger partial charge in [0.05, 0.1) is 6.54 Å². The van der Waals surface area contributed by atoms with Crippen LogP contribution in [0.3, 0.4) is 0 Å². The fraction of sp³-hybridized carbons (Fsp3) is 0.556. The third kappa shape index (κ3) is 18.4. The van der Waals surface area contributed by atoms with Crippen LogP contribution in [0.1, 0.15) is 135 Å². The van der Waals surface area contributed by atoms with Crippen LogP contribution in [0.15, 0.2) is 72.8 Å². The van der Waals surface area contributed by atoms with Crippen LogP contribution < -0.4 is 21.3 Å². The highest BCUT2D eigenvalue weighted by Gasteiger charge is 2.25. The van der Waals surface area contributed by atoms with E-state index in [1.165, 1.54) is 77.0 Å². The molecule has 3 aromatic carbocycles. The molecule has 0 aromatic heterocycles. The number of fused-ring (bicyclic) bond motifs is 1. The second-order valence-electron chi connectivity index (χ2n) is 15.0. The highest BCUT2D eigenvalue weighted by Crippen LogP contribution is 2.20. The van der Waals surface area contributed by atoms with Gasteiger partial charge >= 0.3 is 0 Å². The summed E-state index contributed by atoms with van der Waals surface area (Å²) in [5.74, 6) is -1.24. The molecule has 0 heterocycles. The molecule has 0 spiro atoms. The van der Waals surface area contributed by atoms with Crippen molar-refractivity contribution >= 4 is 40.1 Å². The molecule has 8 heteroatoms. The number of amides is 4. The van der Waals surface area contributed by atoms with Gasteiger partial charge in [-0.1, -0.05) is 171 Å². The first kappa shape index (κ1) is 43.2. The topological polar surface area (TPSA) is 116 Å². The highest BCUT2D eigenvalue weighted by molar-refractivity contribution is 5.99. The van der Waals surface area contributed by atoms with Crippen LogP contribution in [0.4, 0.5) is 5.69 Å². The number of carbonyl (C=O) groups is 4. The van der Waals surface area contributed by atoms with Crippen molar-refractivity contribution in [2.75, 3.05) is 11.9 Å². The Labute approximate surface area is 319 Å². The van der Waals surface area contributed by atoms with Crippen molar-refractivity contribution in [1.29, 1.82) is 0 Å². The van der Waals surface area contributed by atoms with Gasteiger partial charge in [0.1, 0.15) is 12.1 Å². The molecule has 0 fully saturated rings. The van der Waals surface area contributed by atoms with Crippen molar-refractivity contribution in [2.24, 2.45) is 5.92 Å². The number of hydrogen-bond acceptors (Lipinski definition) is 4. The van der Waals surface area contributed by atoms with E-state index in [-0.39, 0.29) is 24.3 Å². The molecular formula is C45H66N4O4. The highest BCUT2D eigenvalue weighted by atomic mass is 16.2. The minimum absolute atomic E-state index is 0.146. The predicted octanol–water partition coefficient (Wildman–Crippen LogP) is 9.41. The number of rotatable bonds is 27. The smallest absolute Gasteiger partial charge is 0.246 e. The monoisotopic (exact) mass is 727 g/mol. The van der Waals surface area contributed by atoms with Gasteiger partial charge in [-0.25, -0.2) is 0 Å². The summed E-state index contributed by atoms with van der Waals surface area (Å²) in [6.07, 6.45) is 20.0. The normalized spacial score (nSPS) is 12.3. The van der Waals surface area contributed by atoms with Gasteiger partial charge in [-0.3, -0.25) is 19.2 Å². The first-order valence-electron chi connectivity index (χ1n) is 20.4.